The van der Waals surface area contributed by atoms with Gasteiger partial charge in [0.1, 0.15) is 15.4 Å². The second-order valence-electron chi connectivity index (χ2n) is 6.70. The summed E-state index contributed by atoms with van der Waals surface area (Å²) in [6, 6.07) is 7.27. The van der Waals surface area contributed by atoms with Crippen LogP contribution in [0.15, 0.2) is 38.5 Å². The van der Waals surface area contributed by atoms with E-state index >= 15 is 0 Å². The van der Waals surface area contributed by atoms with Gasteiger partial charge in [0, 0.05) is 16.4 Å². The van der Waals surface area contributed by atoms with E-state index in [-0.39, 0.29) is 34.2 Å². The maximum atomic E-state index is 12.9. The van der Waals surface area contributed by atoms with Gasteiger partial charge < -0.3 is 9.47 Å². The number of aryl methyl sites for hydroxylation is 1. The fourth-order valence-electron chi connectivity index (χ4n) is 3.03. The number of carbonyl (C=O) groups is 2. The summed E-state index contributed by atoms with van der Waals surface area (Å²) in [6.07, 6.45) is 1.40. The van der Waals surface area contributed by atoms with Crippen LogP contribution in [-0.2, 0) is 9.47 Å². The molecular weight excluding hydrogens is 498 g/mol. The van der Waals surface area contributed by atoms with Gasteiger partial charge in [-0.1, -0.05) is 15.9 Å². The molecule has 0 spiro atoms. The molecule has 0 saturated heterocycles. The molecule has 3 aromatic rings. The lowest BCUT2D eigenvalue weighted by atomic mass is 10.1. The van der Waals surface area contributed by atoms with E-state index in [1.807, 2.05) is 12.1 Å². The molecule has 2 heterocycles. The molecule has 10 heteroatoms. The number of hydrogen-bond donors (Lipinski definition) is 1. The molecule has 1 N–H and O–H groups in total. The molecule has 0 aliphatic carbocycles. The minimum atomic E-state index is -0.581. The number of nitrogens with one attached hydrogen (secondary N) is 1. The van der Waals surface area contributed by atoms with Crippen LogP contribution < -0.4 is 5.56 Å². The SMILES string of the molecule is CCOC(=O)c1sc(N=Cc2c(C)[nH]n(-c3ccc(Br)cc3)c2=O)c(C(=O)OCC)c1C. The lowest BCUT2D eigenvalue weighted by Gasteiger charge is -2.03. The first-order valence-electron chi connectivity index (χ1n) is 9.87. The Labute approximate surface area is 197 Å². The van der Waals surface area contributed by atoms with Crippen molar-refractivity contribution >= 4 is 50.4 Å². The van der Waals surface area contributed by atoms with Gasteiger partial charge in [-0.05, 0) is 57.5 Å². The van der Waals surface area contributed by atoms with Crippen molar-refractivity contribution in [1.29, 1.82) is 0 Å². The van der Waals surface area contributed by atoms with Crippen molar-refractivity contribution in [3.05, 3.63) is 66.4 Å². The van der Waals surface area contributed by atoms with Gasteiger partial charge in [-0.2, -0.15) is 0 Å². The monoisotopic (exact) mass is 519 g/mol. The summed E-state index contributed by atoms with van der Waals surface area (Å²) in [4.78, 5) is 42.4. The highest BCUT2D eigenvalue weighted by molar-refractivity contribution is 9.10. The molecule has 0 fully saturated rings. The Kier molecular flexibility index (Phi) is 7.47. The molecule has 2 aromatic heterocycles. The smallest absolute Gasteiger partial charge is 0.348 e. The van der Waals surface area contributed by atoms with Crippen molar-refractivity contribution < 1.29 is 19.1 Å². The van der Waals surface area contributed by atoms with E-state index in [2.05, 4.69) is 26.0 Å². The molecule has 1 aromatic carbocycles. The summed E-state index contributed by atoms with van der Waals surface area (Å²) < 4.78 is 12.5. The molecule has 0 amide bonds. The fourth-order valence-corrected chi connectivity index (χ4v) is 4.33. The number of aromatic nitrogens is 2. The second-order valence-corrected chi connectivity index (χ2v) is 8.62. The van der Waals surface area contributed by atoms with Gasteiger partial charge >= 0.3 is 11.9 Å². The van der Waals surface area contributed by atoms with Crippen LogP contribution in [-0.4, -0.2) is 41.1 Å². The molecule has 168 valence electrons. The molecule has 0 bridgehead atoms. The average Bonchev–Trinajstić information content (AvgIpc) is 3.23. The van der Waals surface area contributed by atoms with E-state index in [0.717, 1.165) is 15.8 Å². The standard InChI is InChI=1S/C22H22BrN3O5S/c1-5-30-21(28)17-12(3)18(22(29)31-6-2)32-19(17)24-11-16-13(4)25-26(20(16)27)15-9-7-14(23)8-10-15/h7-11,25H,5-6H2,1-4H3. The van der Waals surface area contributed by atoms with Crippen LogP contribution in [0.3, 0.4) is 0 Å². The molecule has 32 heavy (non-hydrogen) atoms. The van der Waals surface area contributed by atoms with Gasteiger partial charge in [0.05, 0.1) is 24.5 Å². The van der Waals surface area contributed by atoms with E-state index in [1.165, 1.54) is 10.9 Å². The first-order chi connectivity index (χ1) is 15.3. The Morgan fingerprint density at radius 1 is 1.12 bits per heavy atom. The van der Waals surface area contributed by atoms with Crippen molar-refractivity contribution in [2.24, 2.45) is 4.99 Å². The molecule has 8 nitrogen and oxygen atoms in total. The third-order valence-electron chi connectivity index (χ3n) is 4.58. The first-order valence-corrected chi connectivity index (χ1v) is 11.5. The number of benzene rings is 1. The number of aromatic amines is 1. The van der Waals surface area contributed by atoms with Crippen LogP contribution in [0.1, 0.15) is 50.7 Å². The Hall–Kier alpha value is -2.98. The number of halogens is 1. The third-order valence-corrected chi connectivity index (χ3v) is 6.29. The topological polar surface area (TPSA) is 103 Å². The van der Waals surface area contributed by atoms with Crippen LogP contribution in [0.25, 0.3) is 5.69 Å². The van der Waals surface area contributed by atoms with Gasteiger partial charge in [0.25, 0.3) is 5.56 Å². The molecule has 0 radical (unpaired) electrons. The zero-order valence-electron chi connectivity index (χ0n) is 18.0. The zero-order chi connectivity index (χ0) is 23.4. The number of hydrogen-bond acceptors (Lipinski definition) is 7. The minimum Gasteiger partial charge on any atom is -0.462 e. The molecule has 0 aliphatic heterocycles. The molecular formula is C22H22BrN3O5S. The Balaban J connectivity index is 2.04. The van der Waals surface area contributed by atoms with E-state index in [9.17, 15) is 14.4 Å². The van der Waals surface area contributed by atoms with Crippen molar-refractivity contribution in [3.63, 3.8) is 0 Å². The molecule has 0 saturated carbocycles. The number of ether oxygens (including phenoxy) is 2. The number of nitrogens with zero attached hydrogens (tertiary/aromatic N) is 2. The van der Waals surface area contributed by atoms with Gasteiger partial charge in [-0.3, -0.25) is 9.89 Å². The predicted molar refractivity (Wildman–Crippen MR) is 127 cm³/mol. The Morgan fingerprint density at radius 2 is 1.75 bits per heavy atom. The number of rotatable bonds is 7. The van der Waals surface area contributed by atoms with Crippen LogP contribution >= 0.6 is 27.3 Å². The number of carbonyl (C=O) groups excluding carboxylic acids is 2. The molecule has 0 atom stereocenters. The number of aliphatic imine (C=N–C) groups is 1. The highest BCUT2D eigenvalue weighted by Gasteiger charge is 2.26. The number of esters is 2. The maximum Gasteiger partial charge on any atom is 0.348 e. The van der Waals surface area contributed by atoms with Gasteiger partial charge in [0.2, 0.25) is 0 Å². The van der Waals surface area contributed by atoms with Gasteiger partial charge in [-0.15, -0.1) is 11.3 Å². The summed E-state index contributed by atoms with van der Waals surface area (Å²) >= 11 is 4.40. The second kappa shape index (κ2) is 10.1. The third kappa shape index (κ3) is 4.76. The van der Waals surface area contributed by atoms with Gasteiger partial charge in [0.15, 0.2) is 0 Å². The highest BCUT2D eigenvalue weighted by Crippen LogP contribution is 2.36. The van der Waals surface area contributed by atoms with Crippen molar-refractivity contribution in [2.45, 2.75) is 27.7 Å². The summed E-state index contributed by atoms with van der Waals surface area (Å²) in [5, 5.41) is 3.31. The lowest BCUT2D eigenvalue weighted by molar-refractivity contribution is 0.0527. The van der Waals surface area contributed by atoms with Crippen molar-refractivity contribution in [3.8, 4) is 5.69 Å². The minimum absolute atomic E-state index is 0.181. The van der Waals surface area contributed by atoms with Crippen molar-refractivity contribution in [1.82, 2.24) is 9.78 Å². The van der Waals surface area contributed by atoms with Gasteiger partial charge in [-0.25, -0.2) is 19.3 Å². The van der Waals surface area contributed by atoms with E-state index in [4.69, 9.17) is 9.47 Å². The zero-order valence-corrected chi connectivity index (χ0v) is 20.4. The van der Waals surface area contributed by atoms with E-state index in [0.29, 0.717) is 22.5 Å². The molecule has 3 rings (SSSR count). The Bertz CT molecular complexity index is 1240. The van der Waals surface area contributed by atoms with E-state index < -0.39 is 11.9 Å². The van der Waals surface area contributed by atoms with E-state index in [1.54, 1.807) is 39.8 Å². The maximum absolute atomic E-state index is 12.9. The summed E-state index contributed by atoms with van der Waals surface area (Å²) in [5.74, 6) is -1.11. The highest BCUT2D eigenvalue weighted by atomic mass is 79.9. The molecule has 0 unspecified atom stereocenters. The predicted octanol–water partition coefficient (Wildman–Crippen LogP) is 4.71. The van der Waals surface area contributed by atoms with Crippen LogP contribution in [0.4, 0.5) is 5.00 Å². The normalized spacial score (nSPS) is 11.2. The quantitative estimate of drug-likeness (QED) is 0.359. The van der Waals surface area contributed by atoms with Crippen molar-refractivity contribution in [2.75, 3.05) is 13.2 Å². The average molecular weight is 520 g/mol. The lowest BCUT2D eigenvalue weighted by Crippen LogP contribution is -2.17. The van der Waals surface area contributed by atoms with Crippen LogP contribution in [0.5, 0.6) is 0 Å². The largest absolute Gasteiger partial charge is 0.462 e. The number of thiophene rings is 1. The fraction of sp³-hybridized carbons (Fsp3) is 0.273. The molecule has 0 aliphatic rings. The summed E-state index contributed by atoms with van der Waals surface area (Å²) in [7, 11) is 0. The van der Waals surface area contributed by atoms with Crippen LogP contribution in [0.2, 0.25) is 0 Å². The number of H-pyrrole nitrogens is 1. The van der Waals surface area contributed by atoms with Crippen LogP contribution in [0, 0.1) is 13.8 Å². The summed E-state index contributed by atoms with van der Waals surface area (Å²) in [6.45, 7) is 7.20. The summed E-state index contributed by atoms with van der Waals surface area (Å²) in [5.41, 5.74) is 1.97. The Morgan fingerprint density at radius 3 is 2.38 bits per heavy atom. The first kappa shape index (κ1) is 23.7.